The first kappa shape index (κ1) is 10.4. The molecule has 0 atom stereocenters. The lowest BCUT2D eigenvalue weighted by molar-refractivity contribution is 0.246. The molecular weight excluding hydrogens is 202 g/mol. The van der Waals surface area contributed by atoms with E-state index in [4.69, 9.17) is 5.11 Å². The molecule has 0 aliphatic heterocycles. The predicted octanol–water partition coefficient (Wildman–Crippen LogP) is 0.373. The lowest BCUT2D eigenvalue weighted by Crippen LogP contribution is -2.43. The normalized spacial score (nSPS) is 26.6. The van der Waals surface area contributed by atoms with E-state index in [2.05, 4.69) is 4.72 Å². The largest absolute Gasteiger partial charge is 0.394 e. The van der Waals surface area contributed by atoms with Crippen molar-refractivity contribution in [3.05, 3.63) is 0 Å². The summed E-state index contributed by atoms with van der Waals surface area (Å²) < 4.78 is 26.3. The highest BCUT2D eigenvalue weighted by molar-refractivity contribution is 7.90. The topological polar surface area (TPSA) is 66.4 Å². The number of aliphatic hydroxyl groups is 1. The van der Waals surface area contributed by atoms with E-state index in [0.29, 0.717) is 0 Å². The second-order valence-corrected chi connectivity index (χ2v) is 6.45. The van der Waals surface area contributed by atoms with Crippen LogP contribution in [0.3, 0.4) is 0 Å². The number of hydrogen-bond donors (Lipinski definition) is 2. The number of nitrogens with one attached hydrogen (secondary N) is 1. The van der Waals surface area contributed by atoms with Crippen molar-refractivity contribution in [2.45, 2.75) is 49.3 Å². The van der Waals surface area contributed by atoms with Gasteiger partial charge in [0.2, 0.25) is 10.0 Å². The Hall–Kier alpha value is -0.130. The zero-order valence-corrected chi connectivity index (χ0v) is 9.02. The minimum absolute atomic E-state index is 0.0705. The van der Waals surface area contributed by atoms with Crippen molar-refractivity contribution in [3.63, 3.8) is 0 Å². The van der Waals surface area contributed by atoms with Crippen LogP contribution < -0.4 is 4.72 Å². The van der Waals surface area contributed by atoms with Crippen LogP contribution in [0, 0.1) is 0 Å². The summed E-state index contributed by atoms with van der Waals surface area (Å²) in [6.45, 7) is -0.0705. The van der Waals surface area contributed by atoms with E-state index in [-0.39, 0.29) is 11.9 Å². The zero-order chi connectivity index (χ0) is 10.2. The molecule has 2 aliphatic carbocycles. The summed E-state index contributed by atoms with van der Waals surface area (Å²) in [5, 5.41) is 8.82. The van der Waals surface area contributed by atoms with Gasteiger partial charge in [0.1, 0.15) is 0 Å². The molecule has 4 nitrogen and oxygen atoms in total. The first-order valence-corrected chi connectivity index (χ1v) is 6.76. The third-order valence-electron chi connectivity index (χ3n) is 3.26. The molecule has 2 fully saturated rings. The van der Waals surface area contributed by atoms with Crippen LogP contribution in [0.25, 0.3) is 0 Å². The molecule has 5 heteroatoms. The molecule has 0 bridgehead atoms. The van der Waals surface area contributed by atoms with Crippen LogP contribution in [-0.4, -0.2) is 30.9 Å². The van der Waals surface area contributed by atoms with Gasteiger partial charge in [-0.25, -0.2) is 13.1 Å². The molecule has 0 heterocycles. The average molecular weight is 219 g/mol. The van der Waals surface area contributed by atoms with E-state index >= 15 is 0 Å². The molecule has 0 amide bonds. The molecule has 0 aromatic heterocycles. The average Bonchev–Trinajstić information content (AvgIpc) is 2.70. The third kappa shape index (κ3) is 1.94. The van der Waals surface area contributed by atoms with Crippen LogP contribution >= 0.6 is 0 Å². The van der Waals surface area contributed by atoms with Crippen LogP contribution in [0.1, 0.15) is 38.5 Å². The van der Waals surface area contributed by atoms with Gasteiger partial charge in [-0.15, -0.1) is 0 Å². The molecule has 2 aliphatic rings. The molecule has 0 saturated heterocycles. The van der Waals surface area contributed by atoms with Gasteiger partial charge in [-0.3, -0.25) is 0 Å². The molecule has 0 unspecified atom stereocenters. The van der Waals surface area contributed by atoms with Gasteiger partial charge >= 0.3 is 0 Å². The van der Waals surface area contributed by atoms with Crippen LogP contribution in [0.2, 0.25) is 0 Å². The smallest absolute Gasteiger partial charge is 0.215 e. The first-order chi connectivity index (χ1) is 6.58. The minimum Gasteiger partial charge on any atom is -0.394 e. The Balaban J connectivity index is 2.01. The van der Waals surface area contributed by atoms with E-state index in [9.17, 15) is 8.42 Å². The van der Waals surface area contributed by atoms with E-state index in [1.54, 1.807) is 0 Å². The zero-order valence-electron chi connectivity index (χ0n) is 8.20. The van der Waals surface area contributed by atoms with Crippen LogP contribution in [0.5, 0.6) is 0 Å². The van der Waals surface area contributed by atoms with Gasteiger partial charge in [-0.05, 0) is 25.7 Å². The van der Waals surface area contributed by atoms with Crippen LogP contribution in [0.4, 0.5) is 0 Å². The number of rotatable bonds is 4. The molecule has 0 radical (unpaired) electrons. The van der Waals surface area contributed by atoms with Crippen LogP contribution in [0.15, 0.2) is 0 Å². The molecule has 82 valence electrons. The molecule has 2 N–H and O–H groups in total. The summed E-state index contributed by atoms with van der Waals surface area (Å²) in [5.41, 5.74) is -0.499. The summed E-state index contributed by atoms with van der Waals surface area (Å²) in [6.07, 6.45) is 5.12. The van der Waals surface area contributed by atoms with E-state index in [1.807, 2.05) is 0 Å². The van der Waals surface area contributed by atoms with Gasteiger partial charge in [0.25, 0.3) is 0 Å². The summed E-state index contributed by atoms with van der Waals surface area (Å²) in [6, 6.07) is 0. The van der Waals surface area contributed by atoms with Crippen molar-refractivity contribution >= 4 is 10.0 Å². The highest BCUT2D eigenvalue weighted by Gasteiger charge is 2.47. The fourth-order valence-electron chi connectivity index (χ4n) is 2.03. The maximum absolute atomic E-state index is 11.8. The van der Waals surface area contributed by atoms with Crippen molar-refractivity contribution in [3.8, 4) is 0 Å². The van der Waals surface area contributed by atoms with Crippen molar-refractivity contribution in [2.75, 3.05) is 6.61 Å². The Bertz CT molecular complexity index is 302. The lowest BCUT2D eigenvalue weighted by atomic mass is 10.3. The van der Waals surface area contributed by atoms with Crippen molar-refractivity contribution in [1.29, 1.82) is 0 Å². The summed E-state index contributed by atoms with van der Waals surface area (Å²) in [7, 11) is -3.18. The van der Waals surface area contributed by atoms with E-state index < -0.39 is 15.6 Å². The predicted molar refractivity (Wildman–Crippen MR) is 53.4 cm³/mol. The van der Waals surface area contributed by atoms with Crippen LogP contribution in [-0.2, 0) is 10.0 Å². The minimum atomic E-state index is -3.18. The number of hydrogen-bond acceptors (Lipinski definition) is 3. The Labute approximate surface area is 84.8 Å². The Morgan fingerprint density at radius 2 is 1.86 bits per heavy atom. The Kier molecular flexibility index (Phi) is 2.57. The van der Waals surface area contributed by atoms with Gasteiger partial charge in [-0.1, -0.05) is 12.8 Å². The molecule has 2 saturated carbocycles. The van der Waals surface area contributed by atoms with Gasteiger partial charge in [-0.2, -0.15) is 0 Å². The van der Waals surface area contributed by atoms with Gasteiger partial charge in [0, 0.05) is 0 Å². The van der Waals surface area contributed by atoms with Gasteiger partial charge < -0.3 is 5.11 Å². The third-order valence-corrected chi connectivity index (χ3v) is 5.32. The molecule has 14 heavy (non-hydrogen) atoms. The SMILES string of the molecule is O=S(=O)(NC1(CO)CC1)C1CCCC1. The maximum atomic E-state index is 11.8. The van der Waals surface area contributed by atoms with Crippen molar-refractivity contribution < 1.29 is 13.5 Å². The fraction of sp³-hybridized carbons (Fsp3) is 1.00. The lowest BCUT2D eigenvalue weighted by Gasteiger charge is -2.18. The van der Waals surface area contributed by atoms with Crippen molar-refractivity contribution in [1.82, 2.24) is 4.72 Å². The second kappa shape index (κ2) is 3.47. The Morgan fingerprint density at radius 1 is 1.29 bits per heavy atom. The maximum Gasteiger partial charge on any atom is 0.215 e. The summed E-state index contributed by atoms with van der Waals surface area (Å²) >= 11 is 0. The van der Waals surface area contributed by atoms with Crippen molar-refractivity contribution in [2.24, 2.45) is 0 Å². The molecule has 0 spiro atoms. The fourth-order valence-corrected chi connectivity index (χ4v) is 4.02. The Morgan fingerprint density at radius 3 is 2.29 bits per heavy atom. The van der Waals surface area contributed by atoms with Gasteiger partial charge in [0.05, 0.1) is 17.4 Å². The summed E-state index contributed by atoms with van der Waals surface area (Å²) in [4.78, 5) is 0. The molecule has 2 rings (SSSR count). The standard InChI is InChI=1S/C9H17NO3S/c11-7-9(5-6-9)10-14(12,13)8-3-1-2-4-8/h8,10-11H,1-7H2. The first-order valence-electron chi connectivity index (χ1n) is 5.22. The van der Waals surface area contributed by atoms with Gasteiger partial charge in [0.15, 0.2) is 0 Å². The monoisotopic (exact) mass is 219 g/mol. The molecule has 0 aromatic rings. The number of sulfonamides is 1. The molecule has 0 aromatic carbocycles. The number of aliphatic hydroxyl groups excluding tert-OH is 1. The summed E-state index contributed by atoms with van der Waals surface area (Å²) in [5.74, 6) is 0. The molecular formula is C9H17NO3S. The second-order valence-electron chi connectivity index (χ2n) is 4.49. The quantitative estimate of drug-likeness (QED) is 0.718. The van der Waals surface area contributed by atoms with E-state index in [0.717, 1.165) is 38.5 Å². The highest BCUT2D eigenvalue weighted by atomic mass is 32.2. The highest BCUT2D eigenvalue weighted by Crippen LogP contribution is 2.37. The van der Waals surface area contributed by atoms with E-state index in [1.165, 1.54) is 0 Å².